The molecular weight excluding hydrogens is 722 g/mol. The molecule has 7 aromatic heterocycles. The molecule has 9 heterocycles. The number of pyridine rings is 4. The third-order valence-electron chi connectivity index (χ3n) is 8.34. The van der Waals surface area contributed by atoms with Gasteiger partial charge in [-0.1, -0.05) is 0 Å². The van der Waals surface area contributed by atoms with E-state index in [1.165, 1.54) is 17.0 Å². The summed E-state index contributed by atoms with van der Waals surface area (Å²) in [7, 11) is 0. The number of hydrogen-bond acceptors (Lipinski definition) is 6. The van der Waals surface area contributed by atoms with Gasteiger partial charge in [0.05, 0.1) is 0 Å². The first kappa shape index (κ1) is 28.8. The molecule has 0 N–H and O–H groups in total. The van der Waals surface area contributed by atoms with Crippen molar-refractivity contribution in [3.8, 4) is 44.5 Å². The van der Waals surface area contributed by atoms with Crippen molar-refractivity contribution >= 4 is 70.4 Å². The van der Waals surface area contributed by atoms with Crippen molar-refractivity contribution < 1.29 is 0 Å². The van der Waals surface area contributed by atoms with Gasteiger partial charge in [0.25, 0.3) is 0 Å². The zero-order valence-corrected chi connectivity index (χ0v) is 28.8. The van der Waals surface area contributed by atoms with Crippen LogP contribution in [0.4, 0.5) is 0 Å². The summed E-state index contributed by atoms with van der Waals surface area (Å²) in [6, 6.07) is 25.6. The quantitative estimate of drug-likeness (QED) is 0.169. The van der Waals surface area contributed by atoms with Crippen LogP contribution < -0.4 is 0 Å². The Morgan fingerprint density at radius 3 is 1.02 bits per heavy atom. The van der Waals surface area contributed by atoms with E-state index >= 15 is 0 Å². The summed E-state index contributed by atoms with van der Waals surface area (Å²) in [5, 5.41) is 0. The number of fused-ring (bicyclic) bond motifs is 8. The summed E-state index contributed by atoms with van der Waals surface area (Å²) in [5.41, 5.74) is 12.6. The van der Waals surface area contributed by atoms with Crippen LogP contribution in [0.2, 0.25) is 0 Å². The molecule has 0 atom stereocenters. The summed E-state index contributed by atoms with van der Waals surface area (Å²) in [5.74, 6) is 0. The Morgan fingerprint density at radius 2 is 0.688 bits per heavy atom. The molecular formula is C40H24N6Se2. The van der Waals surface area contributed by atoms with Gasteiger partial charge >= 0.3 is 290 Å². The Bertz CT molecular complexity index is 2190. The first-order valence-corrected chi connectivity index (χ1v) is 18.8. The van der Waals surface area contributed by atoms with Gasteiger partial charge in [-0.2, -0.15) is 0 Å². The molecule has 0 aliphatic carbocycles. The van der Waals surface area contributed by atoms with Gasteiger partial charge in [-0.05, 0) is 0 Å². The molecule has 8 bridgehead atoms. The monoisotopic (exact) mass is 748 g/mol. The van der Waals surface area contributed by atoms with Crippen LogP contribution in [0.15, 0.2) is 122 Å². The van der Waals surface area contributed by atoms with Gasteiger partial charge in [0.15, 0.2) is 0 Å². The Kier molecular flexibility index (Phi) is 7.41. The number of nitrogens with zero attached hydrogens (tertiary/aromatic N) is 6. The molecule has 0 amide bonds. The number of rotatable bonds is 4. The van der Waals surface area contributed by atoms with Gasteiger partial charge in [0.2, 0.25) is 0 Å². The summed E-state index contributed by atoms with van der Waals surface area (Å²) in [6.45, 7) is 0. The SMILES string of the molecule is C1=Cc2nc1c(-c1ccncc1)c1ccc([se]1)c(-c1ccncc1)c1nc(c(-c3cccnc3)c3ccc([se]3)c2-c2cccnc2)C=C1. The van der Waals surface area contributed by atoms with Crippen LogP contribution in [0, 0.1) is 0 Å². The van der Waals surface area contributed by atoms with Crippen LogP contribution in [0.5, 0.6) is 0 Å². The van der Waals surface area contributed by atoms with Gasteiger partial charge in [-0.15, -0.1) is 0 Å². The molecule has 0 saturated heterocycles. The molecule has 2 aliphatic rings. The van der Waals surface area contributed by atoms with Crippen LogP contribution in [-0.2, 0) is 0 Å². The molecule has 48 heavy (non-hydrogen) atoms. The van der Waals surface area contributed by atoms with E-state index in [4.69, 9.17) is 9.97 Å². The molecule has 9 rings (SSSR count). The van der Waals surface area contributed by atoms with E-state index in [0.717, 1.165) is 67.3 Å². The zero-order chi connectivity index (χ0) is 31.9. The second-order valence-electron chi connectivity index (χ2n) is 11.2. The van der Waals surface area contributed by atoms with Gasteiger partial charge in [0, 0.05) is 0 Å². The summed E-state index contributed by atoms with van der Waals surface area (Å²) in [6.07, 6.45) is 23.6. The predicted molar refractivity (Wildman–Crippen MR) is 197 cm³/mol. The Balaban J connectivity index is 1.49. The molecule has 2 aliphatic heterocycles. The van der Waals surface area contributed by atoms with Gasteiger partial charge < -0.3 is 0 Å². The normalized spacial score (nSPS) is 12.0. The second kappa shape index (κ2) is 12.3. The maximum absolute atomic E-state index is 5.38. The fourth-order valence-corrected chi connectivity index (χ4v) is 11.1. The molecule has 0 radical (unpaired) electrons. The fourth-order valence-electron chi connectivity index (χ4n) is 6.22. The molecule has 0 aromatic carbocycles. The van der Waals surface area contributed by atoms with E-state index in [1.54, 1.807) is 0 Å². The molecule has 6 nitrogen and oxygen atoms in total. The van der Waals surface area contributed by atoms with E-state index in [2.05, 4.69) is 105 Å². The molecule has 7 aromatic rings. The summed E-state index contributed by atoms with van der Waals surface area (Å²) >= 11 is -0.0559. The minimum atomic E-state index is -0.0336. The van der Waals surface area contributed by atoms with Crippen LogP contribution >= 0.6 is 0 Å². The van der Waals surface area contributed by atoms with Crippen LogP contribution in [0.3, 0.4) is 0 Å². The van der Waals surface area contributed by atoms with Crippen molar-refractivity contribution in [2.24, 2.45) is 0 Å². The van der Waals surface area contributed by atoms with Crippen molar-refractivity contribution in [1.82, 2.24) is 29.9 Å². The van der Waals surface area contributed by atoms with Crippen molar-refractivity contribution in [3.05, 3.63) is 145 Å². The van der Waals surface area contributed by atoms with Crippen LogP contribution in [0.1, 0.15) is 22.8 Å². The number of aromatic nitrogens is 6. The van der Waals surface area contributed by atoms with Crippen molar-refractivity contribution in [2.75, 3.05) is 0 Å². The first-order chi connectivity index (χ1) is 23.8. The van der Waals surface area contributed by atoms with Gasteiger partial charge in [-0.3, -0.25) is 0 Å². The average molecular weight is 747 g/mol. The second-order valence-corrected chi connectivity index (χ2v) is 15.8. The minimum absolute atomic E-state index is 0.0223. The van der Waals surface area contributed by atoms with Gasteiger partial charge in [0.1, 0.15) is 0 Å². The van der Waals surface area contributed by atoms with Crippen molar-refractivity contribution in [3.63, 3.8) is 0 Å². The van der Waals surface area contributed by atoms with E-state index in [0.29, 0.717) is 0 Å². The van der Waals surface area contributed by atoms with Crippen molar-refractivity contribution in [2.45, 2.75) is 0 Å². The first-order valence-electron chi connectivity index (χ1n) is 15.4. The Morgan fingerprint density at radius 1 is 0.333 bits per heavy atom. The van der Waals surface area contributed by atoms with E-state index in [1.807, 2.05) is 61.7 Å². The molecule has 0 unspecified atom stereocenters. The van der Waals surface area contributed by atoms with Gasteiger partial charge in [-0.25, -0.2) is 0 Å². The van der Waals surface area contributed by atoms with E-state index < -0.39 is 0 Å². The molecule has 0 saturated carbocycles. The molecule has 0 fully saturated rings. The maximum atomic E-state index is 5.38. The van der Waals surface area contributed by atoms with E-state index in [-0.39, 0.29) is 29.0 Å². The molecule has 0 spiro atoms. The van der Waals surface area contributed by atoms with Crippen LogP contribution in [0.25, 0.3) is 85.9 Å². The molecule has 8 heteroatoms. The summed E-state index contributed by atoms with van der Waals surface area (Å²) < 4.78 is 5.02. The third kappa shape index (κ3) is 5.22. The fraction of sp³-hybridized carbons (Fsp3) is 0. The standard InChI is InChI=1S/C40H24N6Se2/c1-3-27(23-43-17-1)39-31-7-5-29(45-31)37(25-13-19-41-20-14-25)33-9-10-34(47-33)38(26-15-21-42-22-16-26)30-6-8-32(46-30)40(28-4-2-18-44-24-28)36-12-11-35(39)48-36/h1-24H. The van der Waals surface area contributed by atoms with Crippen LogP contribution in [-0.4, -0.2) is 58.9 Å². The summed E-state index contributed by atoms with van der Waals surface area (Å²) in [4.78, 5) is 28.4. The average Bonchev–Trinajstić information content (AvgIpc) is 3.98. The predicted octanol–water partition coefficient (Wildman–Crippen LogP) is 8.36. The van der Waals surface area contributed by atoms with E-state index in [9.17, 15) is 0 Å². The molecule has 226 valence electrons. The third-order valence-corrected chi connectivity index (χ3v) is 13.0. The Labute approximate surface area is 288 Å². The Hall–Kier alpha value is -5.36. The van der Waals surface area contributed by atoms with Crippen molar-refractivity contribution in [1.29, 1.82) is 0 Å². The topological polar surface area (TPSA) is 77.3 Å². The number of hydrogen-bond donors (Lipinski definition) is 0. The zero-order valence-electron chi connectivity index (χ0n) is 25.4.